The molecule has 0 aliphatic carbocycles. The van der Waals surface area contributed by atoms with Gasteiger partial charge in [0, 0.05) is 31.1 Å². The van der Waals surface area contributed by atoms with Crippen LogP contribution in [0.25, 0.3) is 0 Å². The number of carbonyl (C=O) groups is 1. The van der Waals surface area contributed by atoms with Gasteiger partial charge in [0.25, 0.3) is 5.69 Å². The number of esters is 1. The number of hydrogen-bond acceptors (Lipinski definition) is 6. The van der Waals surface area contributed by atoms with E-state index in [-0.39, 0.29) is 5.69 Å². The molecule has 1 fully saturated rings. The number of methoxy groups -OCH3 is 1. The van der Waals surface area contributed by atoms with Gasteiger partial charge in [-0.25, -0.2) is 0 Å². The average Bonchev–Trinajstić information content (AvgIpc) is 2.80. The molecule has 1 saturated heterocycles. The Balaban J connectivity index is 2.23. The Morgan fingerprint density at radius 1 is 1.57 bits per heavy atom. The number of carbonyl (C=O) groups excluding carboxylic acids is 1. The summed E-state index contributed by atoms with van der Waals surface area (Å²) in [5, 5.41) is 20.7. The van der Waals surface area contributed by atoms with E-state index < -0.39 is 23.0 Å². The van der Waals surface area contributed by atoms with Crippen molar-refractivity contribution in [2.45, 2.75) is 32.0 Å². The Bertz CT molecular complexity index is 560. The van der Waals surface area contributed by atoms with Crippen LogP contribution in [0, 0.1) is 17.0 Å². The first-order valence-corrected chi connectivity index (χ1v) is 6.67. The zero-order chi connectivity index (χ0) is 15.6. The maximum Gasteiger partial charge on any atom is 0.323 e. The van der Waals surface area contributed by atoms with Crippen LogP contribution in [0.2, 0.25) is 0 Å². The van der Waals surface area contributed by atoms with E-state index in [1.165, 1.54) is 13.2 Å². The van der Waals surface area contributed by atoms with Crippen molar-refractivity contribution < 1.29 is 19.6 Å². The Morgan fingerprint density at radius 2 is 2.29 bits per heavy atom. The minimum atomic E-state index is -0.590. The summed E-state index contributed by atoms with van der Waals surface area (Å²) in [6.45, 7) is 2.40. The number of benzene rings is 1. The number of nitrogens with zero attached hydrogens (tertiary/aromatic N) is 2. The molecule has 114 valence electrons. The number of nitro groups is 1. The zero-order valence-electron chi connectivity index (χ0n) is 12.0. The van der Waals surface area contributed by atoms with Crippen LogP contribution in [0.15, 0.2) is 18.2 Å². The van der Waals surface area contributed by atoms with Crippen molar-refractivity contribution in [3.8, 4) is 0 Å². The lowest BCUT2D eigenvalue weighted by molar-refractivity contribution is -0.385. The van der Waals surface area contributed by atoms with Crippen molar-refractivity contribution in [3.63, 3.8) is 0 Å². The zero-order valence-corrected chi connectivity index (χ0v) is 12.0. The molecule has 1 heterocycles. The summed E-state index contributed by atoms with van der Waals surface area (Å²) in [6.07, 6.45) is -0.270. The predicted molar refractivity (Wildman–Crippen MR) is 74.7 cm³/mol. The van der Waals surface area contributed by atoms with Crippen molar-refractivity contribution in [1.82, 2.24) is 4.90 Å². The number of nitro benzene ring substituents is 1. The summed E-state index contributed by atoms with van der Waals surface area (Å²) in [7, 11) is 1.31. The normalized spacial score (nSPS) is 22.2. The van der Waals surface area contributed by atoms with Gasteiger partial charge in [-0.15, -0.1) is 0 Å². The minimum Gasteiger partial charge on any atom is -0.468 e. The molecule has 1 aromatic carbocycles. The van der Waals surface area contributed by atoms with Crippen molar-refractivity contribution >= 4 is 11.7 Å². The van der Waals surface area contributed by atoms with E-state index in [4.69, 9.17) is 4.74 Å². The van der Waals surface area contributed by atoms with Crippen molar-refractivity contribution in [3.05, 3.63) is 39.4 Å². The molecule has 0 amide bonds. The second-order valence-electron chi connectivity index (χ2n) is 5.18. The van der Waals surface area contributed by atoms with E-state index in [0.29, 0.717) is 25.1 Å². The molecule has 0 saturated carbocycles. The molecule has 0 radical (unpaired) electrons. The van der Waals surface area contributed by atoms with E-state index in [0.717, 1.165) is 5.56 Å². The van der Waals surface area contributed by atoms with Gasteiger partial charge in [0.2, 0.25) is 0 Å². The molecule has 2 atom stereocenters. The highest BCUT2D eigenvalue weighted by atomic mass is 16.6. The van der Waals surface area contributed by atoms with Gasteiger partial charge in [-0.3, -0.25) is 19.8 Å². The first kappa shape index (κ1) is 15.4. The summed E-state index contributed by atoms with van der Waals surface area (Å²) in [5.41, 5.74) is 1.40. The van der Waals surface area contributed by atoms with Crippen LogP contribution in [0.1, 0.15) is 17.5 Å². The summed E-state index contributed by atoms with van der Waals surface area (Å²) in [6, 6.07) is 4.36. The molecule has 2 rings (SSSR count). The third-order valence-electron chi connectivity index (χ3n) is 3.84. The molecule has 21 heavy (non-hydrogen) atoms. The number of aliphatic hydroxyl groups is 1. The topological polar surface area (TPSA) is 92.9 Å². The van der Waals surface area contributed by atoms with Gasteiger partial charge in [0.15, 0.2) is 0 Å². The van der Waals surface area contributed by atoms with Crippen LogP contribution in [-0.4, -0.2) is 46.7 Å². The molecule has 2 unspecified atom stereocenters. The van der Waals surface area contributed by atoms with Crippen LogP contribution in [-0.2, 0) is 16.1 Å². The highest BCUT2D eigenvalue weighted by Gasteiger charge is 2.37. The van der Waals surface area contributed by atoms with Crippen molar-refractivity contribution in [2.24, 2.45) is 0 Å². The quantitative estimate of drug-likeness (QED) is 0.506. The van der Waals surface area contributed by atoms with Gasteiger partial charge >= 0.3 is 5.97 Å². The van der Waals surface area contributed by atoms with Gasteiger partial charge in [-0.2, -0.15) is 0 Å². The first-order valence-electron chi connectivity index (χ1n) is 6.67. The van der Waals surface area contributed by atoms with E-state index in [9.17, 15) is 20.0 Å². The highest BCUT2D eigenvalue weighted by Crippen LogP contribution is 2.26. The van der Waals surface area contributed by atoms with Gasteiger partial charge in [-0.05, 0) is 12.5 Å². The van der Waals surface area contributed by atoms with Crippen LogP contribution in [0.3, 0.4) is 0 Å². The molecule has 1 aliphatic rings. The standard InChI is InChI=1S/C14H18N2O5/c1-9-10(4-3-5-12(9)16(19)20)7-15-8-11(17)6-13(15)14(18)21-2/h3-5,11,13,17H,6-8H2,1-2H3. The highest BCUT2D eigenvalue weighted by molar-refractivity contribution is 5.76. The van der Waals surface area contributed by atoms with Crippen LogP contribution in [0.5, 0.6) is 0 Å². The Kier molecular flexibility index (Phi) is 4.54. The molecule has 1 aliphatic heterocycles. The van der Waals surface area contributed by atoms with Crippen molar-refractivity contribution in [2.75, 3.05) is 13.7 Å². The first-order chi connectivity index (χ1) is 9.93. The number of rotatable bonds is 4. The smallest absolute Gasteiger partial charge is 0.323 e. The molecule has 0 bridgehead atoms. The molecule has 0 aromatic heterocycles. The number of likely N-dealkylation sites (tertiary alicyclic amines) is 1. The third kappa shape index (κ3) is 3.20. The van der Waals surface area contributed by atoms with Gasteiger partial charge < -0.3 is 9.84 Å². The van der Waals surface area contributed by atoms with E-state index >= 15 is 0 Å². The van der Waals surface area contributed by atoms with E-state index in [1.54, 1.807) is 24.0 Å². The fraction of sp³-hybridized carbons (Fsp3) is 0.500. The van der Waals surface area contributed by atoms with E-state index in [2.05, 4.69) is 0 Å². The largest absolute Gasteiger partial charge is 0.468 e. The van der Waals surface area contributed by atoms with Crippen LogP contribution in [0.4, 0.5) is 5.69 Å². The molecule has 7 nitrogen and oxygen atoms in total. The molecule has 0 spiro atoms. The molecule has 1 aromatic rings. The molecule has 7 heteroatoms. The van der Waals surface area contributed by atoms with Gasteiger partial charge in [0.05, 0.1) is 18.1 Å². The summed E-state index contributed by atoms with van der Waals surface area (Å²) in [4.78, 5) is 24.1. The van der Waals surface area contributed by atoms with Gasteiger partial charge in [0.1, 0.15) is 6.04 Å². The Hall–Kier alpha value is -1.99. The SMILES string of the molecule is COC(=O)C1CC(O)CN1Cc1cccc([N+](=O)[O-])c1C. The monoisotopic (exact) mass is 294 g/mol. The third-order valence-corrected chi connectivity index (χ3v) is 3.84. The minimum absolute atomic E-state index is 0.0573. The number of aliphatic hydroxyl groups excluding tert-OH is 1. The second kappa shape index (κ2) is 6.19. The molecule has 1 N–H and O–H groups in total. The summed E-state index contributed by atoms with van der Waals surface area (Å²) >= 11 is 0. The lowest BCUT2D eigenvalue weighted by Crippen LogP contribution is -2.36. The van der Waals surface area contributed by atoms with Crippen LogP contribution < -0.4 is 0 Å². The Morgan fingerprint density at radius 3 is 2.90 bits per heavy atom. The summed E-state index contributed by atoms with van der Waals surface area (Å²) < 4.78 is 4.74. The summed E-state index contributed by atoms with van der Waals surface area (Å²) in [5.74, 6) is -0.394. The Labute approximate surface area is 122 Å². The predicted octanol–water partition coefficient (Wildman–Crippen LogP) is 1.01. The lowest BCUT2D eigenvalue weighted by Gasteiger charge is -2.22. The molecular formula is C14H18N2O5. The molecular weight excluding hydrogens is 276 g/mol. The van der Waals surface area contributed by atoms with E-state index in [1.807, 2.05) is 0 Å². The number of hydrogen-bond donors (Lipinski definition) is 1. The number of β-amino-alcohol motifs (C(OH)–C–C–N with tert-alkyl or cyclic N) is 1. The number of ether oxygens (including phenoxy) is 1. The van der Waals surface area contributed by atoms with Crippen LogP contribution >= 0.6 is 0 Å². The average molecular weight is 294 g/mol. The van der Waals surface area contributed by atoms with Gasteiger partial charge in [-0.1, -0.05) is 12.1 Å². The second-order valence-corrected chi connectivity index (χ2v) is 5.18. The fourth-order valence-corrected chi connectivity index (χ4v) is 2.69. The lowest BCUT2D eigenvalue weighted by atomic mass is 10.1. The van der Waals surface area contributed by atoms with Crippen molar-refractivity contribution in [1.29, 1.82) is 0 Å². The maximum absolute atomic E-state index is 11.7. The fourth-order valence-electron chi connectivity index (χ4n) is 2.69. The maximum atomic E-state index is 11.7.